The van der Waals surface area contributed by atoms with Crippen LogP contribution in [0.1, 0.15) is 33.6 Å². The van der Waals surface area contributed by atoms with Crippen molar-refractivity contribution in [3.8, 4) is 0 Å². The van der Waals surface area contributed by atoms with E-state index in [9.17, 15) is 4.79 Å². The Bertz CT molecular complexity index is 464. The van der Waals surface area contributed by atoms with Crippen LogP contribution in [0.3, 0.4) is 0 Å². The van der Waals surface area contributed by atoms with Crippen LogP contribution in [0.4, 0.5) is 10.6 Å². The van der Waals surface area contributed by atoms with Crippen LogP contribution >= 0.6 is 0 Å². The van der Waals surface area contributed by atoms with Gasteiger partial charge in [-0.25, -0.2) is 14.8 Å². The zero-order chi connectivity index (χ0) is 15.5. The maximum absolute atomic E-state index is 12.1. The van der Waals surface area contributed by atoms with Crippen LogP contribution in [0.5, 0.6) is 0 Å². The molecule has 0 saturated carbocycles. The minimum Gasteiger partial charge on any atom is -0.444 e. The third-order valence-electron chi connectivity index (χ3n) is 3.58. The molecule has 1 aromatic heterocycles. The molecule has 0 radical (unpaired) electrons. The minimum absolute atomic E-state index is 0.220. The lowest BCUT2D eigenvalue weighted by Gasteiger charge is -2.37. The lowest BCUT2D eigenvalue weighted by molar-refractivity contribution is 0.0201. The van der Waals surface area contributed by atoms with Crippen molar-refractivity contribution in [2.45, 2.75) is 45.3 Å². The summed E-state index contributed by atoms with van der Waals surface area (Å²) < 4.78 is 5.42. The summed E-state index contributed by atoms with van der Waals surface area (Å²) in [6.07, 6.45) is 4.90. The summed E-state index contributed by atoms with van der Waals surface area (Å²) in [5.74, 6) is 0.948. The topological polar surface area (TPSA) is 58.6 Å². The molecular formula is C15H24N4O2. The van der Waals surface area contributed by atoms with Crippen molar-refractivity contribution in [2.75, 3.05) is 25.0 Å². The van der Waals surface area contributed by atoms with Gasteiger partial charge in [-0.2, -0.15) is 0 Å². The Kier molecular flexibility index (Phi) is 4.65. The van der Waals surface area contributed by atoms with E-state index in [2.05, 4.69) is 14.9 Å². The second-order valence-corrected chi connectivity index (χ2v) is 6.38. The number of ether oxygens (including phenoxy) is 1. The van der Waals surface area contributed by atoms with Crippen LogP contribution < -0.4 is 4.90 Å². The summed E-state index contributed by atoms with van der Waals surface area (Å²) in [6.45, 7) is 7.42. The molecule has 0 unspecified atom stereocenters. The highest BCUT2D eigenvalue weighted by atomic mass is 16.6. The zero-order valence-electron chi connectivity index (χ0n) is 13.2. The summed E-state index contributed by atoms with van der Waals surface area (Å²) in [5.41, 5.74) is -0.451. The molecule has 2 rings (SSSR count). The van der Waals surface area contributed by atoms with E-state index in [1.807, 2.05) is 33.9 Å². The molecule has 2 heterocycles. The lowest BCUT2D eigenvalue weighted by atomic mass is 10.0. The molecular weight excluding hydrogens is 268 g/mol. The number of anilines is 1. The van der Waals surface area contributed by atoms with Crippen molar-refractivity contribution >= 4 is 11.9 Å². The highest BCUT2D eigenvalue weighted by Gasteiger charge is 2.28. The van der Waals surface area contributed by atoms with Crippen LogP contribution in [0.25, 0.3) is 0 Å². The summed E-state index contributed by atoms with van der Waals surface area (Å²) in [5, 5.41) is 0. The van der Waals surface area contributed by atoms with E-state index in [4.69, 9.17) is 4.74 Å². The predicted octanol–water partition coefficient (Wildman–Crippen LogP) is 2.31. The van der Waals surface area contributed by atoms with Gasteiger partial charge in [0.1, 0.15) is 17.7 Å². The van der Waals surface area contributed by atoms with Crippen molar-refractivity contribution in [3.05, 3.63) is 18.6 Å². The van der Waals surface area contributed by atoms with Crippen molar-refractivity contribution < 1.29 is 9.53 Å². The largest absolute Gasteiger partial charge is 0.444 e. The second kappa shape index (κ2) is 6.28. The van der Waals surface area contributed by atoms with Crippen LogP contribution in [0.2, 0.25) is 0 Å². The fourth-order valence-corrected chi connectivity index (χ4v) is 2.44. The first-order valence-corrected chi connectivity index (χ1v) is 7.33. The monoisotopic (exact) mass is 292 g/mol. The SMILES string of the molecule is CN(C(=O)OC(C)(C)C)C1CCN(c2ccncn2)CC1. The molecule has 1 amide bonds. The number of carbonyl (C=O) groups is 1. The van der Waals surface area contributed by atoms with Gasteiger partial charge in [0.25, 0.3) is 0 Å². The first-order chi connectivity index (χ1) is 9.87. The van der Waals surface area contributed by atoms with Gasteiger partial charge in [0.2, 0.25) is 0 Å². The van der Waals surface area contributed by atoms with Gasteiger partial charge in [-0.1, -0.05) is 0 Å². The van der Waals surface area contributed by atoms with Crippen LogP contribution in [0.15, 0.2) is 18.6 Å². The molecule has 1 aliphatic rings. The van der Waals surface area contributed by atoms with Gasteiger partial charge in [0.15, 0.2) is 0 Å². The maximum Gasteiger partial charge on any atom is 0.410 e. The molecule has 1 aromatic rings. The van der Waals surface area contributed by atoms with E-state index in [-0.39, 0.29) is 12.1 Å². The molecule has 1 aliphatic heterocycles. The zero-order valence-corrected chi connectivity index (χ0v) is 13.2. The summed E-state index contributed by atoms with van der Waals surface area (Å²) >= 11 is 0. The van der Waals surface area contributed by atoms with Crippen molar-refractivity contribution in [2.24, 2.45) is 0 Å². The van der Waals surface area contributed by atoms with E-state index in [1.165, 1.54) is 0 Å². The van der Waals surface area contributed by atoms with E-state index in [1.54, 1.807) is 17.4 Å². The van der Waals surface area contributed by atoms with Gasteiger partial charge in [-0.15, -0.1) is 0 Å². The van der Waals surface area contributed by atoms with Crippen LogP contribution in [-0.4, -0.2) is 52.7 Å². The van der Waals surface area contributed by atoms with Crippen LogP contribution in [0, 0.1) is 0 Å². The van der Waals surface area contributed by atoms with E-state index in [0.717, 1.165) is 31.7 Å². The van der Waals surface area contributed by atoms with Crippen molar-refractivity contribution in [3.63, 3.8) is 0 Å². The average Bonchev–Trinajstić information content (AvgIpc) is 2.46. The fraction of sp³-hybridized carbons (Fsp3) is 0.667. The molecule has 0 spiro atoms. The predicted molar refractivity (Wildman–Crippen MR) is 81.3 cm³/mol. The number of aromatic nitrogens is 2. The number of hydrogen-bond acceptors (Lipinski definition) is 5. The van der Waals surface area contributed by atoms with E-state index in [0.29, 0.717) is 0 Å². The Hall–Kier alpha value is -1.85. The quantitative estimate of drug-likeness (QED) is 0.837. The summed E-state index contributed by atoms with van der Waals surface area (Å²) in [4.78, 5) is 24.2. The maximum atomic E-state index is 12.1. The molecule has 6 heteroatoms. The van der Waals surface area contributed by atoms with E-state index < -0.39 is 5.60 Å². The molecule has 0 N–H and O–H groups in total. The van der Waals surface area contributed by atoms with Gasteiger partial charge in [-0.05, 0) is 39.7 Å². The van der Waals surface area contributed by atoms with Gasteiger partial charge in [-0.3, -0.25) is 0 Å². The molecule has 0 aliphatic carbocycles. The molecule has 1 fully saturated rings. The molecule has 116 valence electrons. The van der Waals surface area contributed by atoms with Gasteiger partial charge in [0, 0.05) is 32.4 Å². The molecule has 6 nitrogen and oxygen atoms in total. The van der Waals surface area contributed by atoms with E-state index >= 15 is 0 Å². The number of nitrogens with zero attached hydrogens (tertiary/aromatic N) is 4. The number of hydrogen-bond donors (Lipinski definition) is 0. The first-order valence-electron chi connectivity index (χ1n) is 7.33. The third kappa shape index (κ3) is 4.31. The Balaban J connectivity index is 1.87. The fourth-order valence-electron chi connectivity index (χ4n) is 2.44. The standard InChI is InChI=1S/C15H24N4O2/c1-15(2,3)21-14(20)18(4)12-6-9-19(10-7-12)13-5-8-16-11-17-13/h5,8,11-12H,6-7,9-10H2,1-4H3. The molecule has 1 saturated heterocycles. The number of amides is 1. The Labute approximate surface area is 126 Å². The third-order valence-corrected chi connectivity index (χ3v) is 3.58. The molecule has 0 bridgehead atoms. The highest BCUT2D eigenvalue weighted by Crippen LogP contribution is 2.21. The number of piperidine rings is 1. The summed E-state index contributed by atoms with van der Waals surface area (Å²) in [6, 6.07) is 2.13. The normalized spacial score (nSPS) is 16.7. The highest BCUT2D eigenvalue weighted by molar-refractivity contribution is 5.68. The lowest BCUT2D eigenvalue weighted by Crippen LogP contribution is -2.47. The average molecular weight is 292 g/mol. The minimum atomic E-state index is -0.451. The Morgan fingerprint density at radius 2 is 2.05 bits per heavy atom. The van der Waals surface area contributed by atoms with Crippen molar-refractivity contribution in [1.29, 1.82) is 0 Å². The van der Waals surface area contributed by atoms with Crippen molar-refractivity contribution in [1.82, 2.24) is 14.9 Å². The second-order valence-electron chi connectivity index (χ2n) is 6.38. The number of rotatable bonds is 2. The molecule has 0 atom stereocenters. The number of carbonyl (C=O) groups excluding carboxylic acids is 1. The van der Waals surface area contributed by atoms with Crippen LogP contribution in [-0.2, 0) is 4.74 Å². The molecule has 21 heavy (non-hydrogen) atoms. The van der Waals surface area contributed by atoms with Gasteiger partial charge < -0.3 is 14.5 Å². The Morgan fingerprint density at radius 1 is 1.38 bits per heavy atom. The molecule has 0 aromatic carbocycles. The summed E-state index contributed by atoms with van der Waals surface area (Å²) in [7, 11) is 1.82. The van der Waals surface area contributed by atoms with Gasteiger partial charge in [0.05, 0.1) is 0 Å². The Morgan fingerprint density at radius 3 is 2.57 bits per heavy atom. The smallest absolute Gasteiger partial charge is 0.410 e. The van der Waals surface area contributed by atoms with Gasteiger partial charge >= 0.3 is 6.09 Å². The first kappa shape index (κ1) is 15.5.